The Labute approximate surface area is 169 Å². The zero-order valence-electron chi connectivity index (χ0n) is 15.2. The third kappa shape index (κ3) is 5.45. The summed E-state index contributed by atoms with van der Waals surface area (Å²) < 4.78 is 6.99. The minimum Gasteiger partial charge on any atom is -0.461 e. The number of carbonyl (C=O) groups excluding carboxylic acids is 3. The number of amides is 3. The van der Waals surface area contributed by atoms with Gasteiger partial charge in [-0.3, -0.25) is 29.8 Å². The molecule has 3 amide bonds. The van der Waals surface area contributed by atoms with E-state index in [1.807, 2.05) is 0 Å². The van der Waals surface area contributed by atoms with Gasteiger partial charge in [-0.2, -0.15) is 0 Å². The number of nitrogens with one attached hydrogen (secondary N) is 2. The number of nitrogens with zero attached hydrogens (tertiary/aromatic N) is 3. The van der Waals surface area contributed by atoms with Gasteiger partial charge in [-0.25, -0.2) is 0 Å². The summed E-state index contributed by atoms with van der Waals surface area (Å²) in [5.41, 5.74) is 10.4. The Morgan fingerprint density at radius 3 is 2.55 bits per heavy atom. The predicted molar refractivity (Wildman–Crippen MR) is 104 cm³/mol. The van der Waals surface area contributed by atoms with Crippen LogP contribution in [0.5, 0.6) is 0 Å². The van der Waals surface area contributed by atoms with Crippen LogP contribution in [0.15, 0.2) is 58.3 Å². The zero-order chi connectivity index (χ0) is 20.6. The Bertz CT molecular complexity index is 987. The molecule has 0 aliphatic rings. The number of aromatic nitrogens is 3. The van der Waals surface area contributed by atoms with Gasteiger partial charge in [0.1, 0.15) is 0 Å². The monoisotopic (exact) mass is 414 g/mol. The quantitative estimate of drug-likeness (QED) is 0.368. The van der Waals surface area contributed by atoms with E-state index in [1.54, 1.807) is 47.0 Å². The highest BCUT2D eigenvalue weighted by Gasteiger charge is 2.18. The topological polar surface area (TPSA) is 145 Å². The molecule has 0 spiro atoms. The molecule has 29 heavy (non-hydrogen) atoms. The van der Waals surface area contributed by atoms with E-state index < -0.39 is 17.7 Å². The molecule has 0 saturated heterocycles. The minimum absolute atomic E-state index is 0.0259. The van der Waals surface area contributed by atoms with E-state index >= 15 is 0 Å². The van der Waals surface area contributed by atoms with E-state index in [0.717, 1.165) is 11.8 Å². The van der Waals surface area contributed by atoms with Crippen LogP contribution in [0.1, 0.15) is 16.8 Å². The lowest BCUT2D eigenvalue weighted by molar-refractivity contribution is -0.119. The van der Waals surface area contributed by atoms with E-state index in [1.165, 1.54) is 6.26 Å². The highest BCUT2D eigenvalue weighted by atomic mass is 32.2. The van der Waals surface area contributed by atoms with Crippen molar-refractivity contribution in [2.45, 2.75) is 18.1 Å². The molecule has 10 nitrogen and oxygen atoms in total. The third-order valence-corrected chi connectivity index (χ3v) is 4.69. The standard InChI is InChI=1S/C18H18N6O4S/c19-14(25)8-9-24-16(13-7-4-10-28-13)21-23-18(24)29-11-15(26)20-22-17(27)12-5-2-1-3-6-12/h1-7,10H,8-9,11H2,(H2,19,25)(H,20,26)(H,22,27). The van der Waals surface area contributed by atoms with Crippen molar-refractivity contribution >= 4 is 29.5 Å². The Hall–Kier alpha value is -3.60. The van der Waals surface area contributed by atoms with Gasteiger partial charge in [-0.15, -0.1) is 10.2 Å². The van der Waals surface area contributed by atoms with Crippen molar-refractivity contribution in [3.8, 4) is 11.6 Å². The lowest BCUT2D eigenvalue weighted by atomic mass is 10.2. The summed E-state index contributed by atoms with van der Waals surface area (Å²) in [6.07, 6.45) is 1.58. The van der Waals surface area contributed by atoms with Crippen molar-refractivity contribution in [1.29, 1.82) is 0 Å². The molecule has 0 fully saturated rings. The largest absolute Gasteiger partial charge is 0.461 e. The summed E-state index contributed by atoms with van der Waals surface area (Å²) in [5, 5.41) is 8.55. The molecule has 11 heteroatoms. The number of carbonyl (C=O) groups is 3. The molecule has 3 aromatic rings. The Balaban J connectivity index is 1.60. The average Bonchev–Trinajstić information content (AvgIpc) is 3.39. The summed E-state index contributed by atoms with van der Waals surface area (Å²) in [4.78, 5) is 35.2. The zero-order valence-corrected chi connectivity index (χ0v) is 16.0. The summed E-state index contributed by atoms with van der Waals surface area (Å²) in [5.74, 6) is -0.439. The van der Waals surface area contributed by atoms with Crippen LogP contribution in [-0.2, 0) is 16.1 Å². The van der Waals surface area contributed by atoms with Crippen LogP contribution < -0.4 is 16.6 Å². The van der Waals surface area contributed by atoms with Gasteiger partial charge in [0.05, 0.1) is 12.0 Å². The first-order valence-corrected chi connectivity index (χ1v) is 9.55. The molecular formula is C18H18N6O4S. The van der Waals surface area contributed by atoms with Gasteiger partial charge in [-0.1, -0.05) is 30.0 Å². The van der Waals surface area contributed by atoms with Crippen molar-refractivity contribution < 1.29 is 18.8 Å². The number of furan rings is 1. The molecular weight excluding hydrogens is 396 g/mol. The average molecular weight is 414 g/mol. The number of primary amides is 1. The van der Waals surface area contributed by atoms with E-state index in [0.29, 0.717) is 22.3 Å². The highest BCUT2D eigenvalue weighted by Crippen LogP contribution is 2.24. The Kier molecular flexibility index (Phi) is 6.63. The van der Waals surface area contributed by atoms with Crippen LogP contribution in [0, 0.1) is 0 Å². The number of hydrogen-bond donors (Lipinski definition) is 3. The molecule has 150 valence electrons. The van der Waals surface area contributed by atoms with Gasteiger partial charge >= 0.3 is 0 Å². The first kappa shape index (κ1) is 20.1. The van der Waals surface area contributed by atoms with E-state index in [4.69, 9.17) is 10.2 Å². The summed E-state index contributed by atoms with van der Waals surface area (Å²) >= 11 is 1.10. The molecule has 0 aliphatic carbocycles. The number of thioether (sulfide) groups is 1. The maximum Gasteiger partial charge on any atom is 0.269 e. The van der Waals surface area contributed by atoms with Crippen molar-refractivity contribution in [2.24, 2.45) is 5.73 Å². The van der Waals surface area contributed by atoms with Gasteiger partial charge in [-0.05, 0) is 24.3 Å². The van der Waals surface area contributed by atoms with Gasteiger partial charge in [0.2, 0.25) is 11.8 Å². The van der Waals surface area contributed by atoms with Crippen LogP contribution in [0.2, 0.25) is 0 Å². The number of rotatable bonds is 8. The predicted octanol–water partition coefficient (Wildman–Crippen LogP) is 0.967. The fourth-order valence-electron chi connectivity index (χ4n) is 2.36. The summed E-state index contributed by atoms with van der Waals surface area (Å²) in [6.45, 7) is 0.243. The fraction of sp³-hybridized carbons (Fsp3) is 0.167. The summed E-state index contributed by atoms with van der Waals surface area (Å²) in [7, 11) is 0. The van der Waals surface area contributed by atoms with Crippen LogP contribution >= 0.6 is 11.8 Å². The van der Waals surface area contributed by atoms with E-state index in [2.05, 4.69) is 21.0 Å². The number of benzene rings is 1. The number of nitrogens with two attached hydrogens (primary N) is 1. The molecule has 0 aliphatic heterocycles. The molecule has 1 aromatic carbocycles. The lowest BCUT2D eigenvalue weighted by Crippen LogP contribution is -2.42. The van der Waals surface area contributed by atoms with E-state index in [9.17, 15) is 14.4 Å². The molecule has 0 radical (unpaired) electrons. The fourth-order valence-corrected chi connectivity index (χ4v) is 3.13. The smallest absolute Gasteiger partial charge is 0.269 e. The first-order valence-electron chi connectivity index (χ1n) is 8.57. The van der Waals surface area contributed by atoms with Gasteiger partial charge in [0, 0.05) is 18.5 Å². The van der Waals surface area contributed by atoms with Gasteiger partial charge < -0.3 is 10.2 Å². The second-order valence-corrected chi connectivity index (χ2v) is 6.75. The molecule has 4 N–H and O–H groups in total. The maximum atomic E-state index is 12.1. The van der Waals surface area contributed by atoms with Gasteiger partial charge in [0.25, 0.3) is 5.91 Å². The minimum atomic E-state index is -0.471. The van der Waals surface area contributed by atoms with Crippen molar-refractivity contribution in [3.63, 3.8) is 0 Å². The lowest BCUT2D eigenvalue weighted by Gasteiger charge is -2.09. The Morgan fingerprint density at radius 2 is 1.86 bits per heavy atom. The van der Waals surface area contributed by atoms with Crippen LogP contribution in [-0.4, -0.2) is 38.2 Å². The second kappa shape index (κ2) is 9.55. The molecule has 3 rings (SSSR count). The summed E-state index contributed by atoms with van der Waals surface area (Å²) in [6, 6.07) is 11.9. The maximum absolute atomic E-state index is 12.1. The van der Waals surface area contributed by atoms with Crippen molar-refractivity contribution in [2.75, 3.05) is 5.75 Å². The van der Waals surface area contributed by atoms with Crippen LogP contribution in [0.4, 0.5) is 0 Å². The molecule has 0 saturated carbocycles. The number of hydrazine groups is 1. The normalized spacial score (nSPS) is 10.5. The highest BCUT2D eigenvalue weighted by molar-refractivity contribution is 7.99. The second-order valence-electron chi connectivity index (χ2n) is 5.81. The van der Waals surface area contributed by atoms with E-state index in [-0.39, 0.29) is 18.7 Å². The Morgan fingerprint density at radius 1 is 1.07 bits per heavy atom. The van der Waals surface area contributed by atoms with Crippen LogP contribution in [0.3, 0.4) is 0 Å². The van der Waals surface area contributed by atoms with Crippen molar-refractivity contribution in [1.82, 2.24) is 25.6 Å². The SMILES string of the molecule is NC(=O)CCn1c(SCC(=O)NNC(=O)c2ccccc2)nnc1-c1ccco1. The first-order chi connectivity index (χ1) is 14.0. The van der Waals surface area contributed by atoms with Crippen molar-refractivity contribution in [3.05, 3.63) is 54.3 Å². The number of hydrogen-bond acceptors (Lipinski definition) is 7. The van der Waals surface area contributed by atoms with Crippen LogP contribution in [0.25, 0.3) is 11.6 Å². The van der Waals surface area contributed by atoms with Gasteiger partial charge in [0.15, 0.2) is 16.7 Å². The third-order valence-electron chi connectivity index (χ3n) is 3.72. The molecule has 2 aromatic heterocycles. The molecule has 0 atom stereocenters. The molecule has 0 bridgehead atoms. The molecule has 0 unspecified atom stereocenters. The molecule has 2 heterocycles.